The molecule has 7 nitrogen and oxygen atoms in total. The predicted octanol–water partition coefficient (Wildman–Crippen LogP) is 3.18. The Morgan fingerprint density at radius 1 is 1.24 bits per heavy atom. The number of carbonyl (C=O) groups excluding carboxylic acids is 1. The highest BCUT2D eigenvalue weighted by Crippen LogP contribution is 2.35. The lowest BCUT2D eigenvalue weighted by Crippen LogP contribution is -2.25. The number of fused-ring (bicyclic) bond motifs is 1. The highest BCUT2D eigenvalue weighted by Gasteiger charge is 2.30. The summed E-state index contributed by atoms with van der Waals surface area (Å²) in [6.45, 7) is 2.11. The van der Waals surface area contributed by atoms with Crippen molar-refractivity contribution in [3.63, 3.8) is 0 Å². The van der Waals surface area contributed by atoms with Crippen LogP contribution in [0, 0.1) is 0 Å². The van der Waals surface area contributed by atoms with Crippen LogP contribution in [0.2, 0.25) is 0 Å². The van der Waals surface area contributed by atoms with Gasteiger partial charge in [-0.2, -0.15) is 0 Å². The van der Waals surface area contributed by atoms with Crippen LogP contribution in [0.1, 0.15) is 31.7 Å². The van der Waals surface area contributed by atoms with Gasteiger partial charge in [0.25, 0.3) is 0 Å². The third kappa shape index (κ3) is 4.33. The Hall–Kier alpha value is -2.71. The smallest absolute Gasteiger partial charge is 0.215 e. The van der Waals surface area contributed by atoms with Crippen LogP contribution in [-0.4, -0.2) is 36.6 Å². The minimum Gasteiger partial charge on any atom is -0.346 e. The molecule has 29 heavy (non-hydrogen) atoms. The van der Waals surface area contributed by atoms with Crippen molar-refractivity contribution in [1.29, 1.82) is 0 Å². The number of carbonyl (C=O) groups is 1. The number of benzene rings is 1. The Kier molecular flexibility index (Phi) is 5.38. The van der Waals surface area contributed by atoms with Gasteiger partial charge in [-0.05, 0) is 48.1 Å². The number of aromatic nitrogens is 2. The van der Waals surface area contributed by atoms with Crippen molar-refractivity contribution in [3.05, 3.63) is 48.2 Å². The second-order valence-corrected chi connectivity index (χ2v) is 9.28. The minimum absolute atomic E-state index is 0.130. The maximum atomic E-state index is 11.8. The molecule has 0 unspecified atom stereocenters. The van der Waals surface area contributed by atoms with Crippen LogP contribution in [0.3, 0.4) is 0 Å². The van der Waals surface area contributed by atoms with Gasteiger partial charge >= 0.3 is 0 Å². The van der Waals surface area contributed by atoms with E-state index in [0.29, 0.717) is 12.2 Å². The lowest BCUT2D eigenvalue weighted by atomic mass is 10.0. The Balaban J connectivity index is 1.62. The predicted molar refractivity (Wildman–Crippen MR) is 114 cm³/mol. The van der Waals surface area contributed by atoms with Crippen LogP contribution in [0.15, 0.2) is 42.6 Å². The van der Waals surface area contributed by atoms with E-state index in [-0.39, 0.29) is 18.3 Å². The van der Waals surface area contributed by atoms with Crippen molar-refractivity contribution in [2.75, 3.05) is 10.7 Å². The van der Waals surface area contributed by atoms with Gasteiger partial charge in [-0.1, -0.05) is 31.2 Å². The van der Waals surface area contributed by atoms with Crippen molar-refractivity contribution >= 4 is 33.3 Å². The van der Waals surface area contributed by atoms with Gasteiger partial charge in [0.05, 0.1) is 5.75 Å². The van der Waals surface area contributed by atoms with E-state index < -0.39 is 10.0 Å². The van der Waals surface area contributed by atoms with Crippen molar-refractivity contribution in [2.45, 2.75) is 38.8 Å². The highest BCUT2D eigenvalue weighted by molar-refractivity contribution is 7.89. The molecule has 2 N–H and O–H groups in total. The molecule has 1 aliphatic rings. The first kappa shape index (κ1) is 19.6. The van der Waals surface area contributed by atoms with Crippen molar-refractivity contribution < 1.29 is 13.2 Å². The summed E-state index contributed by atoms with van der Waals surface area (Å²) in [5, 5.41) is 0.979. The number of nitrogens with one attached hydrogen (secondary N) is 2. The molecule has 0 spiro atoms. The molecular formula is C21H24N4O3S. The fraction of sp³-hybridized carbons (Fsp3) is 0.333. The molecule has 0 bridgehead atoms. The zero-order valence-electron chi connectivity index (χ0n) is 16.3. The molecule has 2 aromatic heterocycles. The van der Waals surface area contributed by atoms with Gasteiger partial charge in [0.2, 0.25) is 16.4 Å². The number of H-pyrrole nitrogens is 1. The van der Waals surface area contributed by atoms with E-state index >= 15 is 0 Å². The van der Waals surface area contributed by atoms with Crippen LogP contribution in [-0.2, 0) is 21.4 Å². The molecule has 0 saturated heterocycles. The Morgan fingerprint density at radius 2 is 2.00 bits per heavy atom. The summed E-state index contributed by atoms with van der Waals surface area (Å²) in [6, 6.07) is 11.9. The Labute approximate surface area is 170 Å². The van der Waals surface area contributed by atoms with Gasteiger partial charge in [0, 0.05) is 24.2 Å². The molecule has 1 amide bonds. The highest BCUT2D eigenvalue weighted by atomic mass is 32.2. The number of nitrogens with zero attached hydrogens (tertiary/aromatic N) is 2. The first-order valence-electron chi connectivity index (χ1n) is 9.79. The molecule has 0 atom stereocenters. The molecule has 1 aromatic carbocycles. The number of rotatable bonds is 9. The number of anilines is 1. The van der Waals surface area contributed by atoms with E-state index in [0.717, 1.165) is 47.0 Å². The zero-order chi connectivity index (χ0) is 20.4. The van der Waals surface area contributed by atoms with Gasteiger partial charge in [-0.3, -0.25) is 9.69 Å². The summed E-state index contributed by atoms with van der Waals surface area (Å²) < 4.78 is 26.3. The van der Waals surface area contributed by atoms with E-state index in [2.05, 4.69) is 14.7 Å². The van der Waals surface area contributed by atoms with E-state index in [4.69, 9.17) is 0 Å². The summed E-state index contributed by atoms with van der Waals surface area (Å²) in [6.07, 6.45) is 5.28. The standard InChI is InChI=1S/C21H24N4O3S/c1-2-11-29(27,28)23-13-15-3-5-16(6-4-15)19-12-20(25(14-26)17-7-8-17)24-21-18(19)9-10-22-21/h3-6,9-10,12,14,17,23H,2,7-8,11,13H2,1H3,(H,22,24). The molecule has 0 radical (unpaired) electrons. The lowest BCUT2D eigenvalue weighted by molar-refractivity contribution is -0.107. The van der Waals surface area contributed by atoms with E-state index in [1.165, 1.54) is 0 Å². The average molecular weight is 413 g/mol. The summed E-state index contributed by atoms with van der Waals surface area (Å²) in [5.74, 6) is 0.772. The van der Waals surface area contributed by atoms with E-state index in [1.54, 1.807) is 4.90 Å². The number of amides is 1. The first-order valence-corrected chi connectivity index (χ1v) is 11.4. The van der Waals surface area contributed by atoms with Crippen LogP contribution in [0.25, 0.3) is 22.2 Å². The van der Waals surface area contributed by atoms with Crippen molar-refractivity contribution in [2.24, 2.45) is 0 Å². The maximum Gasteiger partial charge on any atom is 0.215 e. The van der Waals surface area contributed by atoms with Gasteiger partial charge in [0.1, 0.15) is 11.5 Å². The molecule has 1 aliphatic carbocycles. The van der Waals surface area contributed by atoms with Gasteiger partial charge in [-0.25, -0.2) is 18.1 Å². The number of hydrogen-bond acceptors (Lipinski definition) is 4. The molecule has 8 heteroatoms. The van der Waals surface area contributed by atoms with Crippen LogP contribution < -0.4 is 9.62 Å². The molecule has 4 rings (SSSR count). The number of hydrogen-bond donors (Lipinski definition) is 2. The largest absolute Gasteiger partial charge is 0.346 e. The van der Waals surface area contributed by atoms with Gasteiger partial charge in [-0.15, -0.1) is 0 Å². The molecule has 152 valence electrons. The Morgan fingerprint density at radius 3 is 2.66 bits per heavy atom. The van der Waals surface area contributed by atoms with Crippen molar-refractivity contribution in [3.8, 4) is 11.1 Å². The second-order valence-electron chi connectivity index (χ2n) is 7.35. The second kappa shape index (κ2) is 7.96. The SMILES string of the molecule is CCCS(=O)(=O)NCc1ccc(-c2cc(N(C=O)C3CC3)nc3[nH]ccc23)cc1. The minimum atomic E-state index is -3.23. The van der Waals surface area contributed by atoms with Crippen LogP contribution in [0.5, 0.6) is 0 Å². The van der Waals surface area contributed by atoms with Gasteiger partial charge in [0.15, 0.2) is 0 Å². The summed E-state index contributed by atoms with van der Waals surface area (Å²) in [5.41, 5.74) is 3.60. The topological polar surface area (TPSA) is 95.2 Å². The number of aromatic amines is 1. The summed E-state index contributed by atoms with van der Waals surface area (Å²) in [7, 11) is -3.23. The molecule has 2 heterocycles. The normalized spacial score (nSPS) is 14.2. The van der Waals surface area contributed by atoms with E-state index in [1.807, 2.05) is 49.5 Å². The van der Waals surface area contributed by atoms with E-state index in [9.17, 15) is 13.2 Å². The molecule has 3 aromatic rings. The fourth-order valence-electron chi connectivity index (χ4n) is 3.41. The molecule has 1 fully saturated rings. The van der Waals surface area contributed by atoms with Gasteiger partial charge < -0.3 is 4.98 Å². The van der Waals surface area contributed by atoms with Crippen LogP contribution >= 0.6 is 0 Å². The summed E-state index contributed by atoms with van der Waals surface area (Å²) in [4.78, 5) is 21.0. The number of sulfonamides is 1. The third-order valence-corrected chi connectivity index (χ3v) is 6.60. The number of pyridine rings is 1. The summed E-state index contributed by atoms with van der Waals surface area (Å²) >= 11 is 0. The quantitative estimate of drug-likeness (QED) is 0.528. The zero-order valence-corrected chi connectivity index (χ0v) is 17.1. The average Bonchev–Trinajstić information content (AvgIpc) is 3.43. The van der Waals surface area contributed by atoms with Crippen LogP contribution in [0.4, 0.5) is 5.82 Å². The molecule has 0 aliphatic heterocycles. The first-order chi connectivity index (χ1) is 14.0. The van der Waals surface area contributed by atoms with Crippen molar-refractivity contribution in [1.82, 2.24) is 14.7 Å². The molecular weight excluding hydrogens is 388 g/mol. The maximum absolute atomic E-state index is 11.8. The third-order valence-electron chi connectivity index (χ3n) is 5.07. The molecule has 1 saturated carbocycles. The fourth-order valence-corrected chi connectivity index (χ4v) is 4.48. The lowest BCUT2D eigenvalue weighted by Gasteiger charge is -2.17. The Bertz CT molecular complexity index is 1120. The monoisotopic (exact) mass is 412 g/mol.